The Balaban J connectivity index is 2.29. The summed E-state index contributed by atoms with van der Waals surface area (Å²) in [5.41, 5.74) is 5.92. The zero-order valence-electron chi connectivity index (χ0n) is 11.3. The second-order valence-electron chi connectivity index (χ2n) is 4.79. The summed E-state index contributed by atoms with van der Waals surface area (Å²) in [6, 6.07) is 5.88. The summed E-state index contributed by atoms with van der Waals surface area (Å²) >= 11 is 12.3. The SMILES string of the molecule is NC[C@H]1COc2cc(F)c(O)c(-c3c(Cl)cccc3Cl)c2O1. The minimum Gasteiger partial charge on any atom is -0.504 e. The molecule has 0 fully saturated rings. The normalized spacial score (nSPS) is 16.6. The molecule has 1 aliphatic heterocycles. The van der Waals surface area contributed by atoms with Gasteiger partial charge in [-0.3, -0.25) is 0 Å². The van der Waals surface area contributed by atoms with E-state index in [0.717, 1.165) is 6.07 Å². The van der Waals surface area contributed by atoms with Gasteiger partial charge in [-0.1, -0.05) is 29.3 Å². The van der Waals surface area contributed by atoms with Gasteiger partial charge in [0.1, 0.15) is 12.7 Å². The van der Waals surface area contributed by atoms with Crippen molar-refractivity contribution in [1.29, 1.82) is 0 Å². The molecular formula is C15H12Cl2FNO3. The predicted octanol–water partition coefficient (Wildman–Crippen LogP) is 3.60. The Morgan fingerprint density at radius 2 is 1.95 bits per heavy atom. The molecule has 1 atom stereocenters. The van der Waals surface area contributed by atoms with Crippen LogP contribution in [-0.4, -0.2) is 24.4 Å². The van der Waals surface area contributed by atoms with Crippen LogP contribution < -0.4 is 15.2 Å². The monoisotopic (exact) mass is 343 g/mol. The van der Waals surface area contributed by atoms with Gasteiger partial charge in [-0.15, -0.1) is 0 Å². The fourth-order valence-corrected chi connectivity index (χ4v) is 2.88. The first-order valence-corrected chi connectivity index (χ1v) is 7.28. The average molecular weight is 344 g/mol. The van der Waals surface area contributed by atoms with Gasteiger partial charge < -0.3 is 20.3 Å². The first-order valence-electron chi connectivity index (χ1n) is 6.52. The Morgan fingerprint density at radius 3 is 2.59 bits per heavy atom. The summed E-state index contributed by atoms with van der Waals surface area (Å²) in [4.78, 5) is 0. The van der Waals surface area contributed by atoms with E-state index < -0.39 is 17.7 Å². The molecule has 1 aliphatic rings. The average Bonchev–Trinajstić information content (AvgIpc) is 2.50. The van der Waals surface area contributed by atoms with Crippen molar-refractivity contribution >= 4 is 23.2 Å². The van der Waals surface area contributed by atoms with Gasteiger partial charge in [0.15, 0.2) is 23.1 Å². The molecule has 0 saturated carbocycles. The van der Waals surface area contributed by atoms with Crippen molar-refractivity contribution in [2.24, 2.45) is 5.73 Å². The molecule has 0 spiro atoms. The van der Waals surface area contributed by atoms with Crippen LogP contribution >= 0.6 is 23.2 Å². The van der Waals surface area contributed by atoms with Crippen LogP contribution in [0.1, 0.15) is 0 Å². The second-order valence-corrected chi connectivity index (χ2v) is 5.61. The number of aromatic hydroxyl groups is 1. The molecule has 4 nitrogen and oxygen atoms in total. The number of nitrogens with two attached hydrogens (primary N) is 1. The standard InChI is InChI=1S/C15H12Cl2FNO3/c16-8-2-1-3-9(17)12(8)13-14(20)10(18)4-11-15(13)22-7(5-19)6-21-11/h1-4,7,20H,5-6,19H2/t7-/m0/s1. The maximum atomic E-state index is 14.0. The van der Waals surface area contributed by atoms with Gasteiger partial charge >= 0.3 is 0 Å². The van der Waals surface area contributed by atoms with E-state index in [9.17, 15) is 9.50 Å². The van der Waals surface area contributed by atoms with Gasteiger partial charge in [0.2, 0.25) is 0 Å². The third kappa shape index (κ3) is 2.45. The van der Waals surface area contributed by atoms with Crippen LogP contribution in [0.2, 0.25) is 10.0 Å². The van der Waals surface area contributed by atoms with Crippen LogP contribution in [-0.2, 0) is 0 Å². The van der Waals surface area contributed by atoms with Gasteiger partial charge in [0, 0.05) is 18.2 Å². The number of phenolic OH excluding ortho intramolecular Hbond substituents is 1. The molecule has 22 heavy (non-hydrogen) atoms. The minimum absolute atomic E-state index is 0.0590. The molecule has 2 aromatic carbocycles. The van der Waals surface area contributed by atoms with Crippen molar-refractivity contribution in [2.45, 2.75) is 6.10 Å². The first kappa shape index (κ1) is 15.2. The van der Waals surface area contributed by atoms with Crippen molar-refractivity contribution in [3.8, 4) is 28.4 Å². The summed E-state index contributed by atoms with van der Waals surface area (Å²) in [5, 5.41) is 10.7. The number of benzene rings is 2. The van der Waals surface area contributed by atoms with Crippen molar-refractivity contribution in [3.05, 3.63) is 40.1 Å². The smallest absolute Gasteiger partial charge is 0.173 e. The van der Waals surface area contributed by atoms with Gasteiger partial charge in [-0.05, 0) is 12.1 Å². The topological polar surface area (TPSA) is 64.7 Å². The number of ether oxygens (including phenoxy) is 2. The number of phenols is 1. The van der Waals surface area contributed by atoms with Gasteiger partial charge in [-0.2, -0.15) is 0 Å². The molecule has 0 radical (unpaired) electrons. The van der Waals surface area contributed by atoms with Crippen LogP contribution in [0.25, 0.3) is 11.1 Å². The van der Waals surface area contributed by atoms with Crippen LogP contribution in [0.15, 0.2) is 24.3 Å². The Kier molecular flexibility index (Phi) is 4.04. The second kappa shape index (κ2) is 5.83. The number of hydrogen-bond donors (Lipinski definition) is 2. The van der Waals surface area contributed by atoms with Crippen molar-refractivity contribution in [1.82, 2.24) is 0 Å². The first-order chi connectivity index (χ1) is 10.5. The van der Waals surface area contributed by atoms with Gasteiger partial charge in [-0.25, -0.2) is 4.39 Å². The highest BCUT2D eigenvalue weighted by atomic mass is 35.5. The van der Waals surface area contributed by atoms with Gasteiger partial charge in [0.25, 0.3) is 0 Å². The van der Waals surface area contributed by atoms with Crippen LogP contribution in [0.5, 0.6) is 17.2 Å². The van der Waals surface area contributed by atoms with E-state index in [4.69, 9.17) is 38.4 Å². The summed E-state index contributed by atoms with van der Waals surface area (Å²) in [7, 11) is 0. The number of rotatable bonds is 2. The Morgan fingerprint density at radius 1 is 1.27 bits per heavy atom. The fraction of sp³-hybridized carbons (Fsp3) is 0.200. The third-order valence-electron chi connectivity index (χ3n) is 3.36. The van der Waals surface area contributed by atoms with E-state index in [1.807, 2.05) is 0 Å². The quantitative estimate of drug-likeness (QED) is 0.874. The molecule has 0 bridgehead atoms. The number of halogens is 3. The minimum atomic E-state index is -0.848. The Bertz CT molecular complexity index is 719. The molecule has 0 amide bonds. The van der Waals surface area contributed by atoms with E-state index >= 15 is 0 Å². The molecule has 116 valence electrons. The lowest BCUT2D eigenvalue weighted by Crippen LogP contribution is -2.36. The highest BCUT2D eigenvalue weighted by Crippen LogP contribution is 2.51. The molecule has 0 saturated heterocycles. The molecule has 3 N–H and O–H groups in total. The number of hydrogen-bond acceptors (Lipinski definition) is 4. The molecule has 2 aromatic rings. The van der Waals surface area contributed by atoms with Crippen LogP contribution in [0, 0.1) is 5.82 Å². The Hall–Kier alpha value is -1.69. The largest absolute Gasteiger partial charge is 0.504 e. The van der Waals surface area contributed by atoms with E-state index in [-0.39, 0.29) is 45.8 Å². The Labute approximate surface area is 136 Å². The molecule has 0 aromatic heterocycles. The van der Waals surface area contributed by atoms with Crippen LogP contribution in [0.3, 0.4) is 0 Å². The highest BCUT2D eigenvalue weighted by molar-refractivity contribution is 6.39. The zero-order valence-corrected chi connectivity index (χ0v) is 12.8. The zero-order chi connectivity index (χ0) is 15.9. The van der Waals surface area contributed by atoms with E-state index in [0.29, 0.717) is 0 Å². The summed E-state index contributed by atoms with van der Waals surface area (Å²) in [6.07, 6.45) is -0.405. The van der Waals surface area contributed by atoms with Gasteiger partial charge in [0.05, 0.1) is 15.6 Å². The summed E-state index contributed by atoms with van der Waals surface area (Å²) in [5.74, 6) is -1.10. The lowest BCUT2D eigenvalue weighted by Gasteiger charge is -2.28. The fourth-order valence-electron chi connectivity index (χ4n) is 2.29. The molecule has 0 aliphatic carbocycles. The molecule has 3 rings (SSSR count). The lowest BCUT2D eigenvalue weighted by atomic mass is 10.0. The molecule has 1 heterocycles. The lowest BCUT2D eigenvalue weighted by molar-refractivity contribution is 0.0966. The molecule has 7 heteroatoms. The number of fused-ring (bicyclic) bond motifs is 1. The van der Waals surface area contributed by atoms with Crippen molar-refractivity contribution in [3.63, 3.8) is 0 Å². The van der Waals surface area contributed by atoms with E-state index in [2.05, 4.69) is 0 Å². The summed E-state index contributed by atoms with van der Waals surface area (Å²) in [6.45, 7) is 0.413. The molecular weight excluding hydrogens is 332 g/mol. The van der Waals surface area contributed by atoms with E-state index in [1.54, 1.807) is 18.2 Å². The highest BCUT2D eigenvalue weighted by Gasteiger charge is 2.30. The molecule has 0 unspecified atom stereocenters. The van der Waals surface area contributed by atoms with Crippen LogP contribution in [0.4, 0.5) is 4.39 Å². The summed E-state index contributed by atoms with van der Waals surface area (Å²) < 4.78 is 25.2. The predicted molar refractivity (Wildman–Crippen MR) is 82.5 cm³/mol. The maximum absolute atomic E-state index is 14.0. The third-order valence-corrected chi connectivity index (χ3v) is 3.99. The van der Waals surface area contributed by atoms with Crippen molar-refractivity contribution in [2.75, 3.05) is 13.2 Å². The van der Waals surface area contributed by atoms with E-state index in [1.165, 1.54) is 0 Å². The maximum Gasteiger partial charge on any atom is 0.173 e. The van der Waals surface area contributed by atoms with Crippen molar-refractivity contribution < 1.29 is 19.0 Å².